The second-order valence-corrected chi connectivity index (χ2v) is 8.31. The molecule has 0 radical (unpaired) electrons. The highest BCUT2D eigenvalue weighted by atomic mass is 16.5. The van der Waals surface area contributed by atoms with Crippen molar-refractivity contribution in [3.8, 4) is 5.75 Å². The quantitative estimate of drug-likeness (QED) is 0.827. The molecule has 1 N–H and O–H groups in total. The molecule has 1 unspecified atom stereocenters. The molecule has 0 spiro atoms. The maximum atomic E-state index is 12.6. The number of aliphatic carboxylic acids is 1. The number of ether oxygens (including phenoxy) is 1. The van der Waals surface area contributed by atoms with Gasteiger partial charge in [-0.15, -0.1) is 0 Å². The van der Waals surface area contributed by atoms with E-state index in [-0.39, 0.29) is 30.5 Å². The van der Waals surface area contributed by atoms with Crippen LogP contribution in [0.2, 0.25) is 0 Å². The van der Waals surface area contributed by atoms with Crippen LogP contribution in [-0.2, 0) is 15.0 Å². The monoisotopic (exact) mass is 376 g/mol. The van der Waals surface area contributed by atoms with Gasteiger partial charge in [0.15, 0.2) is 6.61 Å². The zero-order valence-corrected chi connectivity index (χ0v) is 16.9. The van der Waals surface area contributed by atoms with Gasteiger partial charge >= 0.3 is 5.97 Å². The minimum Gasteiger partial charge on any atom is -0.483 e. The summed E-state index contributed by atoms with van der Waals surface area (Å²) in [7, 11) is 1.84. The fourth-order valence-electron chi connectivity index (χ4n) is 3.55. The fourth-order valence-corrected chi connectivity index (χ4v) is 3.55. The van der Waals surface area contributed by atoms with Gasteiger partial charge in [0.05, 0.1) is 6.54 Å². The van der Waals surface area contributed by atoms with Gasteiger partial charge in [0.1, 0.15) is 5.75 Å². The molecule has 0 saturated carbocycles. The highest BCUT2D eigenvalue weighted by Gasteiger charge is 2.25. The standard InChI is InChI=1S/C21H32N2O4/c1-21(2,3)17-9-5-6-10-18(17)27-15-19(24)23-12-7-8-16(11-13-23)22(4)14-20(25)26/h5-6,9-10,16H,7-8,11-15H2,1-4H3,(H,25,26). The van der Waals surface area contributed by atoms with Crippen LogP contribution >= 0.6 is 0 Å². The van der Waals surface area contributed by atoms with Crippen molar-refractivity contribution >= 4 is 11.9 Å². The van der Waals surface area contributed by atoms with E-state index in [2.05, 4.69) is 20.8 Å². The van der Waals surface area contributed by atoms with Crippen molar-refractivity contribution in [1.29, 1.82) is 0 Å². The Labute approximate surface area is 162 Å². The molecule has 1 aromatic rings. The Morgan fingerprint density at radius 2 is 1.93 bits per heavy atom. The van der Waals surface area contributed by atoms with Crippen LogP contribution in [0.5, 0.6) is 5.75 Å². The lowest BCUT2D eigenvalue weighted by Crippen LogP contribution is -2.38. The van der Waals surface area contributed by atoms with E-state index in [1.807, 2.05) is 41.1 Å². The first-order valence-electron chi connectivity index (χ1n) is 9.60. The zero-order valence-electron chi connectivity index (χ0n) is 16.9. The predicted octanol–water partition coefficient (Wildman–Crippen LogP) is 2.76. The summed E-state index contributed by atoms with van der Waals surface area (Å²) in [5.41, 5.74) is 1.04. The lowest BCUT2D eigenvalue weighted by atomic mass is 9.86. The third-order valence-corrected chi connectivity index (χ3v) is 5.10. The lowest BCUT2D eigenvalue weighted by Gasteiger charge is -2.26. The van der Waals surface area contributed by atoms with Crippen molar-refractivity contribution in [2.75, 3.05) is 33.3 Å². The Morgan fingerprint density at radius 1 is 1.22 bits per heavy atom. The van der Waals surface area contributed by atoms with Crippen LogP contribution in [0.3, 0.4) is 0 Å². The Bertz CT molecular complexity index is 654. The van der Waals surface area contributed by atoms with Crippen molar-refractivity contribution in [2.24, 2.45) is 0 Å². The summed E-state index contributed by atoms with van der Waals surface area (Å²) in [6.45, 7) is 7.77. The van der Waals surface area contributed by atoms with Gasteiger partial charge < -0.3 is 14.7 Å². The first kappa shape index (κ1) is 21.2. The van der Waals surface area contributed by atoms with E-state index in [1.54, 1.807) is 0 Å². The van der Waals surface area contributed by atoms with E-state index in [0.717, 1.165) is 30.6 Å². The Morgan fingerprint density at radius 3 is 2.59 bits per heavy atom. The largest absolute Gasteiger partial charge is 0.483 e. The molecule has 6 nitrogen and oxygen atoms in total. The SMILES string of the molecule is CN(CC(=O)O)C1CCCN(C(=O)COc2ccccc2C(C)(C)C)CC1. The maximum absolute atomic E-state index is 12.6. The average molecular weight is 376 g/mol. The summed E-state index contributed by atoms with van der Waals surface area (Å²) in [6, 6.07) is 8.05. The Balaban J connectivity index is 1.91. The Hall–Kier alpha value is -2.08. The number of amides is 1. The fraction of sp³-hybridized carbons (Fsp3) is 0.619. The van der Waals surface area contributed by atoms with Crippen LogP contribution in [0.1, 0.15) is 45.6 Å². The predicted molar refractivity (Wildman–Crippen MR) is 105 cm³/mol. The Kier molecular flexibility index (Phi) is 7.25. The lowest BCUT2D eigenvalue weighted by molar-refractivity contribution is -0.138. The molecule has 27 heavy (non-hydrogen) atoms. The highest BCUT2D eigenvalue weighted by Crippen LogP contribution is 2.31. The number of likely N-dealkylation sites (tertiary alicyclic amines) is 1. The molecule has 0 bridgehead atoms. The van der Waals surface area contributed by atoms with Crippen molar-refractivity contribution in [3.63, 3.8) is 0 Å². The van der Waals surface area contributed by atoms with Gasteiger partial charge in [-0.1, -0.05) is 39.0 Å². The van der Waals surface area contributed by atoms with Crippen molar-refractivity contribution < 1.29 is 19.4 Å². The van der Waals surface area contributed by atoms with E-state index >= 15 is 0 Å². The summed E-state index contributed by atoms with van der Waals surface area (Å²) < 4.78 is 5.87. The summed E-state index contributed by atoms with van der Waals surface area (Å²) in [4.78, 5) is 27.2. The van der Waals surface area contributed by atoms with E-state index in [1.165, 1.54) is 0 Å². The van der Waals surface area contributed by atoms with Crippen LogP contribution in [-0.4, -0.2) is 66.1 Å². The molecule has 1 saturated heterocycles. The van der Waals surface area contributed by atoms with Crippen molar-refractivity contribution in [2.45, 2.75) is 51.5 Å². The molecule has 2 rings (SSSR count). The van der Waals surface area contributed by atoms with E-state index in [0.29, 0.717) is 13.1 Å². The molecule has 1 atom stereocenters. The van der Waals surface area contributed by atoms with Crippen LogP contribution in [0.15, 0.2) is 24.3 Å². The van der Waals surface area contributed by atoms with Crippen molar-refractivity contribution in [3.05, 3.63) is 29.8 Å². The number of likely N-dealkylation sites (N-methyl/N-ethyl adjacent to an activating group) is 1. The number of carbonyl (C=O) groups is 2. The molecule has 1 aliphatic heterocycles. The topological polar surface area (TPSA) is 70.1 Å². The van der Waals surface area contributed by atoms with Gasteiger partial charge in [0, 0.05) is 19.1 Å². The number of benzene rings is 1. The summed E-state index contributed by atoms with van der Waals surface area (Å²) in [5, 5.41) is 8.96. The molecule has 6 heteroatoms. The number of carboxylic acid groups (broad SMARTS) is 1. The molecule has 1 amide bonds. The number of para-hydroxylation sites is 1. The molecule has 1 fully saturated rings. The maximum Gasteiger partial charge on any atom is 0.317 e. The summed E-state index contributed by atoms with van der Waals surface area (Å²) in [5.74, 6) is -0.0758. The number of rotatable bonds is 6. The third kappa shape index (κ3) is 6.24. The van der Waals surface area contributed by atoms with Crippen LogP contribution in [0.4, 0.5) is 0 Å². The molecule has 0 aromatic heterocycles. The van der Waals surface area contributed by atoms with Crippen LogP contribution < -0.4 is 4.74 Å². The van der Waals surface area contributed by atoms with E-state index in [9.17, 15) is 9.59 Å². The van der Waals surface area contributed by atoms with Crippen LogP contribution in [0.25, 0.3) is 0 Å². The average Bonchev–Trinajstić information content (AvgIpc) is 2.85. The molecular formula is C21H32N2O4. The normalized spacial score (nSPS) is 18.3. The van der Waals surface area contributed by atoms with Gasteiger partial charge in [-0.3, -0.25) is 14.5 Å². The van der Waals surface area contributed by atoms with Gasteiger partial charge in [-0.05, 0) is 43.4 Å². The first-order valence-corrected chi connectivity index (χ1v) is 9.60. The second-order valence-electron chi connectivity index (χ2n) is 8.31. The number of hydrogen-bond acceptors (Lipinski definition) is 4. The van der Waals surface area contributed by atoms with E-state index < -0.39 is 5.97 Å². The van der Waals surface area contributed by atoms with Gasteiger partial charge in [0.2, 0.25) is 0 Å². The molecular weight excluding hydrogens is 344 g/mol. The van der Waals surface area contributed by atoms with E-state index in [4.69, 9.17) is 9.84 Å². The minimum absolute atomic E-state index is 0.0137. The smallest absolute Gasteiger partial charge is 0.317 e. The highest BCUT2D eigenvalue weighted by molar-refractivity contribution is 5.77. The van der Waals surface area contributed by atoms with Crippen molar-refractivity contribution in [1.82, 2.24) is 9.80 Å². The molecule has 1 aromatic carbocycles. The second kappa shape index (κ2) is 9.22. The van der Waals surface area contributed by atoms with Crippen LogP contribution in [0, 0.1) is 0 Å². The number of nitrogens with zero attached hydrogens (tertiary/aromatic N) is 2. The molecule has 1 aliphatic rings. The molecule has 0 aliphatic carbocycles. The minimum atomic E-state index is -0.819. The zero-order chi connectivity index (χ0) is 20.0. The molecule has 150 valence electrons. The first-order chi connectivity index (χ1) is 12.7. The number of carboxylic acids is 1. The van der Waals surface area contributed by atoms with Gasteiger partial charge in [-0.2, -0.15) is 0 Å². The molecule has 1 heterocycles. The number of carbonyl (C=O) groups excluding carboxylic acids is 1. The summed E-state index contributed by atoms with van der Waals surface area (Å²) >= 11 is 0. The summed E-state index contributed by atoms with van der Waals surface area (Å²) in [6.07, 6.45) is 2.56. The van der Waals surface area contributed by atoms with Gasteiger partial charge in [-0.25, -0.2) is 0 Å². The van der Waals surface area contributed by atoms with Gasteiger partial charge in [0.25, 0.3) is 5.91 Å². The third-order valence-electron chi connectivity index (χ3n) is 5.10. The number of hydrogen-bond donors (Lipinski definition) is 1.